The molecule has 1 aromatic carbocycles. The number of aromatic nitrogens is 1. The lowest BCUT2D eigenvalue weighted by atomic mass is 9.77. The molecule has 29 heavy (non-hydrogen) atoms. The molecule has 1 atom stereocenters. The summed E-state index contributed by atoms with van der Waals surface area (Å²) in [5.41, 5.74) is 1.88. The molecule has 2 aromatic rings. The van der Waals surface area contributed by atoms with E-state index >= 15 is 0 Å². The lowest BCUT2D eigenvalue weighted by Gasteiger charge is -2.25. The number of hydrogen-bond acceptors (Lipinski definition) is 5. The maximum Gasteiger partial charge on any atom is 0.185 e. The highest BCUT2D eigenvalue weighted by Crippen LogP contribution is 2.35. The van der Waals surface area contributed by atoms with Gasteiger partial charge < -0.3 is 9.64 Å². The van der Waals surface area contributed by atoms with Crippen molar-refractivity contribution in [2.45, 2.75) is 71.8 Å². The van der Waals surface area contributed by atoms with Gasteiger partial charge in [0.25, 0.3) is 0 Å². The normalized spacial score (nSPS) is 15.2. The summed E-state index contributed by atoms with van der Waals surface area (Å²) in [6.07, 6.45) is 5.30. The number of benzene rings is 1. The number of methoxy groups -OCH3 is 1. The largest absolute Gasteiger partial charge is 0.497 e. The number of thiazole rings is 1. The summed E-state index contributed by atoms with van der Waals surface area (Å²) < 4.78 is 5.27. The van der Waals surface area contributed by atoms with Crippen LogP contribution < -0.4 is 9.64 Å². The summed E-state index contributed by atoms with van der Waals surface area (Å²) in [5.74, 6) is 1.03. The van der Waals surface area contributed by atoms with Crippen LogP contribution in [0.4, 0.5) is 5.13 Å². The molecule has 1 aromatic heterocycles. The van der Waals surface area contributed by atoms with E-state index in [1.807, 2.05) is 45.0 Å². The average Bonchev–Trinajstić information content (AvgIpc) is 3.43. The van der Waals surface area contributed by atoms with E-state index in [1.165, 1.54) is 12.8 Å². The summed E-state index contributed by atoms with van der Waals surface area (Å²) in [6.45, 7) is 9.26. The third-order valence-corrected chi connectivity index (χ3v) is 6.54. The van der Waals surface area contributed by atoms with Crippen LogP contribution in [0.5, 0.6) is 5.75 Å². The van der Waals surface area contributed by atoms with E-state index in [9.17, 15) is 4.79 Å². The Morgan fingerprint density at radius 2 is 1.97 bits per heavy atom. The summed E-state index contributed by atoms with van der Waals surface area (Å²) in [4.78, 5) is 20.4. The Morgan fingerprint density at radius 3 is 2.52 bits per heavy atom. The van der Waals surface area contributed by atoms with Gasteiger partial charge in [-0.25, -0.2) is 4.98 Å². The van der Waals surface area contributed by atoms with Crippen LogP contribution in [0.25, 0.3) is 0 Å². The van der Waals surface area contributed by atoms with Crippen molar-refractivity contribution in [1.82, 2.24) is 4.98 Å². The first kappa shape index (κ1) is 21.8. The molecular formula is C24H34N2O2S. The zero-order chi connectivity index (χ0) is 21.0. The number of Topliss-reactive ketones (excluding diaryl/α,β-unsaturated/α-hetero) is 1. The fourth-order valence-electron chi connectivity index (χ4n) is 3.77. The third-order valence-electron chi connectivity index (χ3n) is 5.61. The molecule has 0 radical (unpaired) electrons. The number of anilines is 1. The van der Waals surface area contributed by atoms with Gasteiger partial charge in [-0.2, -0.15) is 0 Å². The van der Waals surface area contributed by atoms with E-state index in [0.29, 0.717) is 11.8 Å². The van der Waals surface area contributed by atoms with Crippen molar-refractivity contribution in [2.75, 3.05) is 18.6 Å². The molecule has 0 aliphatic heterocycles. The molecule has 1 unspecified atom stereocenters. The smallest absolute Gasteiger partial charge is 0.185 e. The van der Waals surface area contributed by atoms with E-state index in [4.69, 9.17) is 9.72 Å². The Hall–Kier alpha value is -1.88. The minimum Gasteiger partial charge on any atom is -0.497 e. The lowest BCUT2D eigenvalue weighted by molar-refractivity contribution is -0.128. The highest BCUT2D eigenvalue weighted by molar-refractivity contribution is 7.13. The van der Waals surface area contributed by atoms with Crippen LogP contribution in [0.2, 0.25) is 0 Å². The van der Waals surface area contributed by atoms with Crippen molar-refractivity contribution in [3.63, 3.8) is 0 Å². The number of rotatable bonds is 10. The van der Waals surface area contributed by atoms with Gasteiger partial charge in [0, 0.05) is 29.3 Å². The van der Waals surface area contributed by atoms with Gasteiger partial charge in [-0.05, 0) is 56.7 Å². The number of hydrogen-bond donors (Lipinski definition) is 0. The van der Waals surface area contributed by atoms with Crippen molar-refractivity contribution in [2.24, 2.45) is 5.41 Å². The number of ketones is 1. The second kappa shape index (κ2) is 9.29. The lowest BCUT2D eigenvalue weighted by Crippen LogP contribution is -2.27. The monoisotopic (exact) mass is 414 g/mol. The van der Waals surface area contributed by atoms with Gasteiger partial charge in [0.2, 0.25) is 0 Å². The Morgan fingerprint density at radius 1 is 1.28 bits per heavy atom. The van der Waals surface area contributed by atoms with Gasteiger partial charge >= 0.3 is 0 Å². The number of nitrogens with zero attached hydrogens (tertiary/aromatic N) is 2. The minimum absolute atomic E-state index is 0.0855. The van der Waals surface area contributed by atoms with Crippen molar-refractivity contribution in [3.8, 4) is 5.75 Å². The molecule has 0 spiro atoms. The van der Waals surface area contributed by atoms with E-state index in [1.54, 1.807) is 18.4 Å². The van der Waals surface area contributed by atoms with Gasteiger partial charge in [0.15, 0.2) is 5.13 Å². The second-order valence-electron chi connectivity index (χ2n) is 8.97. The predicted molar refractivity (Wildman–Crippen MR) is 121 cm³/mol. The number of carbonyl (C=O) groups is 1. The topological polar surface area (TPSA) is 42.4 Å². The first-order valence-electron chi connectivity index (χ1n) is 10.7. The van der Waals surface area contributed by atoms with Gasteiger partial charge in [-0.15, -0.1) is 11.3 Å². The molecule has 4 nitrogen and oxygen atoms in total. The third kappa shape index (κ3) is 5.59. The standard InChI is InChI=1S/C24H34N2O2S/c1-6-26(19-12-13-19)23-25-18(16-29-23)8-7-9-21(22(27)24(2,3)4)17-10-14-20(28-5)15-11-17/h10-11,14-16,19,21H,6-9,12-13H2,1-5H3. The number of aryl methyl sites for hydroxylation is 1. The van der Waals surface area contributed by atoms with Crippen LogP contribution in [0.3, 0.4) is 0 Å². The molecule has 158 valence electrons. The van der Waals surface area contributed by atoms with E-state index in [-0.39, 0.29) is 11.3 Å². The molecule has 0 bridgehead atoms. The van der Waals surface area contributed by atoms with Crippen LogP contribution >= 0.6 is 11.3 Å². The van der Waals surface area contributed by atoms with Crippen molar-refractivity contribution >= 4 is 22.3 Å². The van der Waals surface area contributed by atoms with Crippen LogP contribution in [-0.2, 0) is 11.2 Å². The molecule has 0 N–H and O–H groups in total. The molecule has 1 aliphatic rings. The molecule has 5 heteroatoms. The van der Waals surface area contributed by atoms with Gasteiger partial charge in [0.05, 0.1) is 12.8 Å². The summed E-state index contributed by atoms with van der Waals surface area (Å²) >= 11 is 1.75. The Balaban J connectivity index is 1.65. The Labute approximate surface area is 179 Å². The van der Waals surface area contributed by atoms with E-state index in [0.717, 1.165) is 47.9 Å². The van der Waals surface area contributed by atoms with Crippen molar-refractivity contribution < 1.29 is 9.53 Å². The Kier molecular flexibility index (Phi) is 6.99. The molecule has 0 amide bonds. The summed E-state index contributed by atoms with van der Waals surface area (Å²) in [7, 11) is 1.66. The minimum atomic E-state index is -0.357. The van der Waals surface area contributed by atoms with Crippen molar-refractivity contribution in [3.05, 3.63) is 40.9 Å². The highest BCUT2D eigenvalue weighted by Gasteiger charge is 2.31. The second-order valence-corrected chi connectivity index (χ2v) is 9.81. The molecule has 1 saturated carbocycles. The molecule has 1 fully saturated rings. The molecule has 3 rings (SSSR count). The number of ether oxygens (including phenoxy) is 1. The maximum atomic E-state index is 13.1. The first-order chi connectivity index (χ1) is 13.8. The van der Waals surface area contributed by atoms with Gasteiger partial charge in [0.1, 0.15) is 11.5 Å². The van der Waals surface area contributed by atoms with Crippen LogP contribution in [0.15, 0.2) is 29.6 Å². The van der Waals surface area contributed by atoms with Crippen LogP contribution in [-0.4, -0.2) is 30.5 Å². The zero-order valence-electron chi connectivity index (χ0n) is 18.4. The highest BCUT2D eigenvalue weighted by atomic mass is 32.1. The molecule has 0 saturated heterocycles. The quantitative estimate of drug-likeness (QED) is 0.488. The summed E-state index contributed by atoms with van der Waals surface area (Å²) in [5, 5.41) is 3.34. The Bertz CT molecular complexity index is 803. The fraction of sp³-hybridized carbons (Fsp3) is 0.583. The SMILES string of the molecule is CCN(c1nc(CCCC(C(=O)C(C)(C)C)c2ccc(OC)cc2)cs1)C1CC1. The molecular weight excluding hydrogens is 380 g/mol. The van der Waals surface area contributed by atoms with Crippen LogP contribution in [0, 0.1) is 5.41 Å². The number of carbonyl (C=O) groups excluding carboxylic acids is 1. The van der Waals surface area contributed by atoms with E-state index in [2.05, 4.69) is 17.2 Å². The average molecular weight is 415 g/mol. The predicted octanol–water partition coefficient (Wildman–Crippen LogP) is 5.86. The van der Waals surface area contributed by atoms with E-state index < -0.39 is 0 Å². The van der Waals surface area contributed by atoms with Gasteiger partial charge in [-0.1, -0.05) is 32.9 Å². The van der Waals surface area contributed by atoms with Gasteiger partial charge in [-0.3, -0.25) is 4.79 Å². The molecule has 1 heterocycles. The molecule has 1 aliphatic carbocycles. The fourth-order valence-corrected chi connectivity index (χ4v) is 4.77. The zero-order valence-corrected chi connectivity index (χ0v) is 19.2. The first-order valence-corrected chi connectivity index (χ1v) is 11.6. The maximum absolute atomic E-state index is 13.1. The van der Waals surface area contributed by atoms with Crippen LogP contribution in [0.1, 0.15) is 70.6 Å². The summed E-state index contributed by atoms with van der Waals surface area (Å²) in [6, 6.07) is 8.65. The van der Waals surface area contributed by atoms with Crippen molar-refractivity contribution in [1.29, 1.82) is 0 Å².